The van der Waals surface area contributed by atoms with Crippen molar-refractivity contribution in [1.29, 1.82) is 0 Å². The number of ether oxygens (including phenoxy) is 1. The van der Waals surface area contributed by atoms with Crippen molar-refractivity contribution in [2.24, 2.45) is 10.4 Å². The van der Waals surface area contributed by atoms with Crippen molar-refractivity contribution >= 4 is 23.8 Å². The van der Waals surface area contributed by atoms with Crippen LogP contribution in [-0.2, 0) is 6.54 Å². The SMILES string of the molecule is C=C(C1=C(N=CC)CCC(C)(C)C1)N1CCOc2ccc(-c3cnc(N)c(SCCC(C)(C)O)c3)cc2C1. The highest BCUT2D eigenvalue weighted by Crippen LogP contribution is 2.43. The van der Waals surface area contributed by atoms with E-state index in [4.69, 9.17) is 15.5 Å². The highest BCUT2D eigenvalue weighted by atomic mass is 32.2. The molecule has 2 heterocycles. The second-order valence-electron chi connectivity index (χ2n) is 11.7. The number of nitrogens with two attached hydrogens (primary N) is 1. The summed E-state index contributed by atoms with van der Waals surface area (Å²) in [6.07, 6.45) is 7.50. The molecule has 0 bridgehead atoms. The van der Waals surface area contributed by atoms with Gasteiger partial charge in [-0.05, 0) is 81.2 Å². The zero-order valence-corrected chi connectivity index (χ0v) is 24.3. The smallest absolute Gasteiger partial charge is 0.137 e. The first-order valence-corrected chi connectivity index (χ1v) is 14.5. The van der Waals surface area contributed by atoms with Crippen molar-refractivity contribution in [3.8, 4) is 16.9 Å². The van der Waals surface area contributed by atoms with Crippen molar-refractivity contribution in [2.75, 3.05) is 24.6 Å². The Morgan fingerprint density at radius 2 is 2.11 bits per heavy atom. The largest absolute Gasteiger partial charge is 0.491 e. The molecule has 0 saturated heterocycles. The average molecular weight is 535 g/mol. The number of anilines is 1. The molecule has 0 amide bonds. The number of allylic oxidation sites excluding steroid dienone is 2. The Hall–Kier alpha value is -2.77. The maximum Gasteiger partial charge on any atom is 0.137 e. The molecular weight excluding hydrogens is 492 g/mol. The summed E-state index contributed by atoms with van der Waals surface area (Å²) in [5, 5.41) is 10.1. The number of aromatic nitrogens is 1. The zero-order valence-electron chi connectivity index (χ0n) is 23.5. The first kappa shape index (κ1) is 28.2. The van der Waals surface area contributed by atoms with Crippen molar-refractivity contribution in [3.63, 3.8) is 0 Å². The van der Waals surface area contributed by atoms with Crippen LogP contribution in [0.3, 0.4) is 0 Å². The Labute approximate surface area is 232 Å². The van der Waals surface area contributed by atoms with Crippen LogP contribution < -0.4 is 10.5 Å². The second-order valence-corrected chi connectivity index (χ2v) is 12.8. The molecule has 38 heavy (non-hydrogen) atoms. The minimum atomic E-state index is -0.702. The third-order valence-corrected chi connectivity index (χ3v) is 8.33. The summed E-state index contributed by atoms with van der Waals surface area (Å²) in [5.41, 5.74) is 12.4. The molecule has 4 rings (SSSR count). The van der Waals surface area contributed by atoms with Crippen LogP contribution in [0.4, 0.5) is 5.82 Å². The van der Waals surface area contributed by atoms with Gasteiger partial charge >= 0.3 is 0 Å². The van der Waals surface area contributed by atoms with Crippen LogP contribution in [0.2, 0.25) is 0 Å². The molecule has 1 aromatic carbocycles. The highest BCUT2D eigenvalue weighted by Gasteiger charge is 2.30. The van der Waals surface area contributed by atoms with Crippen LogP contribution in [0.25, 0.3) is 11.1 Å². The first-order chi connectivity index (χ1) is 18.0. The van der Waals surface area contributed by atoms with Gasteiger partial charge in [0.2, 0.25) is 0 Å². The predicted octanol–water partition coefficient (Wildman–Crippen LogP) is 6.85. The van der Waals surface area contributed by atoms with Crippen LogP contribution in [0, 0.1) is 5.41 Å². The summed E-state index contributed by atoms with van der Waals surface area (Å²) < 4.78 is 6.16. The van der Waals surface area contributed by atoms with E-state index in [0.717, 1.165) is 71.1 Å². The fraction of sp³-hybridized carbons (Fsp3) is 0.484. The molecule has 0 fully saturated rings. The van der Waals surface area contributed by atoms with E-state index in [9.17, 15) is 5.11 Å². The molecule has 7 heteroatoms. The van der Waals surface area contributed by atoms with Gasteiger partial charge in [-0.1, -0.05) is 26.5 Å². The molecule has 2 aliphatic rings. The number of nitrogens with zero attached hydrogens (tertiary/aromatic N) is 3. The standard InChI is InChI=1S/C31H42N4O2S/c1-7-33-26-10-11-30(3,4)18-25(26)21(2)35-13-14-37-27-9-8-22(16-24(27)20-35)23-17-28(29(32)34-19-23)38-15-12-31(5,6)36/h7-9,16-17,19,36H,2,10-15,18,20H2,1,3-6H3,(H2,32,34). The van der Waals surface area contributed by atoms with Crippen LogP contribution in [0.5, 0.6) is 5.75 Å². The van der Waals surface area contributed by atoms with Crippen LogP contribution in [0.15, 0.2) is 63.9 Å². The van der Waals surface area contributed by atoms with Gasteiger partial charge < -0.3 is 20.5 Å². The lowest BCUT2D eigenvalue weighted by Gasteiger charge is -2.36. The quantitative estimate of drug-likeness (QED) is 0.285. The molecule has 204 valence electrons. The van der Waals surface area contributed by atoms with Crippen molar-refractivity contribution < 1.29 is 9.84 Å². The number of pyridine rings is 1. The van der Waals surface area contributed by atoms with Gasteiger partial charge in [0, 0.05) is 47.2 Å². The Kier molecular flexibility index (Phi) is 8.58. The molecule has 1 aromatic heterocycles. The fourth-order valence-electron chi connectivity index (χ4n) is 4.98. The van der Waals surface area contributed by atoms with E-state index < -0.39 is 5.60 Å². The number of aliphatic hydroxyl groups is 1. The van der Waals surface area contributed by atoms with E-state index in [1.807, 2.05) is 33.2 Å². The Morgan fingerprint density at radius 1 is 1.32 bits per heavy atom. The molecule has 1 aliphatic carbocycles. The van der Waals surface area contributed by atoms with Crippen molar-refractivity contribution in [1.82, 2.24) is 9.88 Å². The Morgan fingerprint density at radius 3 is 2.84 bits per heavy atom. The number of fused-ring (bicyclic) bond motifs is 1. The Balaban J connectivity index is 1.58. The molecule has 0 spiro atoms. The molecule has 6 nitrogen and oxygen atoms in total. The van der Waals surface area contributed by atoms with E-state index in [1.54, 1.807) is 11.8 Å². The Bertz CT molecular complexity index is 1240. The van der Waals surface area contributed by atoms with E-state index in [2.05, 4.69) is 54.6 Å². The molecule has 0 atom stereocenters. The van der Waals surface area contributed by atoms with Gasteiger partial charge in [0.1, 0.15) is 18.2 Å². The third-order valence-electron chi connectivity index (χ3n) is 7.28. The summed E-state index contributed by atoms with van der Waals surface area (Å²) in [6, 6.07) is 8.44. The monoisotopic (exact) mass is 534 g/mol. The number of thioether (sulfide) groups is 1. The molecule has 0 radical (unpaired) electrons. The number of nitrogen functional groups attached to an aromatic ring is 1. The summed E-state index contributed by atoms with van der Waals surface area (Å²) in [7, 11) is 0. The van der Waals surface area contributed by atoms with Gasteiger partial charge in [0.05, 0.1) is 17.0 Å². The predicted molar refractivity (Wildman–Crippen MR) is 160 cm³/mol. The zero-order chi connectivity index (χ0) is 27.5. The van der Waals surface area contributed by atoms with Crippen molar-refractivity contribution in [3.05, 3.63) is 59.6 Å². The van der Waals surface area contributed by atoms with Gasteiger partial charge in [0.25, 0.3) is 0 Å². The van der Waals surface area contributed by atoms with Gasteiger partial charge in [-0.3, -0.25) is 4.99 Å². The number of hydrogen-bond acceptors (Lipinski definition) is 7. The topological polar surface area (TPSA) is 84.0 Å². The summed E-state index contributed by atoms with van der Waals surface area (Å²) in [4.78, 5) is 12.5. The van der Waals surface area contributed by atoms with Crippen molar-refractivity contribution in [2.45, 2.75) is 77.3 Å². The first-order valence-electron chi connectivity index (χ1n) is 13.5. The lowest BCUT2D eigenvalue weighted by molar-refractivity contribution is 0.0777. The van der Waals surface area contributed by atoms with Crippen LogP contribution in [-0.4, -0.2) is 45.7 Å². The highest BCUT2D eigenvalue weighted by molar-refractivity contribution is 7.99. The number of hydrogen-bond donors (Lipinski definition) is 2. The van der Waals surface area contributed by atoms with Gasteiger partial charge in [-0.2, -0.15) is 0 Å². The minimum absolute atomic E-state index is 0.239. The molecular formula is C31H42N4O2S. The fourth-order valence-corrected chi connectivity index (χ4v) is 6.21. The molecule has 2 aromatic rings. The van der Waals surface area contributed by atoms with E-state index in [0.29, 0.717) is 18.8 Å². The van der Waals surface area contributed by atoms with Crippen LogP contribution >= 0.6 is 11.8 Å². The van der Waals surface area contributed by atoms with E-state index in [-0.39, 0.29) is 5.41 Å². The lowest BCUT2D eigenvalue weighted by Crippen LogP contribution is -2.29. The van der Waals surface area contributed by atoms with Crippen LogP contribution in [0.1, 0.15) is 65.9 Å². The third kappa shape index (κ3) is 7.00. The second kappa shape index (κ2) is 11.5. The number of benzene rings is 1. The number of aliphatic imine (C=N–C) groups is 1. The maximum atomic E-state index is 10.1. The maximum absolute atomic E-state index is 10.1. The minimum Gasteiger partial charge on any atom is -0.491 e. The van der Waals surface area contributed by atoms with Gasteiger partial charge in [0.15, 0.2) is 0 Å². The number of rotatable bonds is 8. The summed E-state index contributed by atoms with van der Waals surface area (Å²) in [5.74, 6) is 2.20. The molecule has 1 aliphatic heterocycles. The average Bonchev–Trinajstić information content (AvgIpc) is 3.07. The van der Waals surface area contributed by atoms with Gasteiger partial charge in [-0.15, -0.1) is 11.8 Å². The molecule has 0 saturated carbocycles. The molecule has 0 unspecified atom stereocenters. The summed E-state index contributed by atoms with van der Waals surface area (Å²) >= 11 is 1.63. The van der Waals surface area contributed by atoms with E-state index in [1.165, 1.54) is 11.3 Å². The molecule has 3 N–H and O–H groups in total. The normalized spacial score (nSPS) is 17.8. The van der Waals surface area contributed by atoms with Gasteiger partial charge in [-0.25, -0.2) is 4.98 Å². The summed E-state index contributed by atoms with van der Waals surface area (Å²) in [6.45, 7) is 17.0. The van der Waals surface area contributed by atoms with E-state index >= 15 is 0 Å². The lowest BCUT2D eigenvalue weighted by atomic mass is 9.75.